The highest BCUT2D eigenvalue weighted by Crippen LogP contribution is 2.31. The normalized spacial score (nSPS) is 17.9. The Balaban J connectivity index is 1.76. The van der Waals surface area contributed by atoms with E-state index in [0.29, 0.717) is 30.6 Å². The lowest BCUT2D eigenvalue weighted by Crippen LogP contribution is -2.34. The number of hydrogen-bond acceptors (Lipinski definition) is 4. The fraction of sp³-hybridized carbons (Fsp3) is 0.812. The molecule has 0 saturated heterocycles. The van der Waals surface area contributed by atoms with Crippen molar-refractivity contribution in [1.82, 2.24) is 15.5 Å². The van der Waals surface area contributed by atoms with Gasteiger partial charge in [0, 0.05) is 24.3 Å². The van der Waals surface area contributed by atoms with Crippen LogP contribution in [-0.2, 0) is 16.6 Å². The molecule has 0 spiro atoms. The largest absolute Gasteiger partial charge is 0.355 e. The molecule has 1 saturated carbocycles. The monoisotopic (exact) mass is 293 g/mol. The number of carbonyl (C=O) groups is 1. The van der Waals surface area contributed by atoms with Crippen LogP contribution in [0.4, 0.5) is 0 Å². The van der Waals surface area contributed by atoms with Crippen molar-refractivity contribution in [3.8, 4) is 0 Å². The third-order valence-corrected chi connectivity index (χ3v) is 4.28. The molecule has 21 heavy (non-hydrogen) atoms. The van der Waals surface area contributed by atoms with Crippen LogP contribution in [0.3, 0.4) is 0 Å². The Morgan fingerprint density at radius 3 is 2.62 bits per heavy atom. The number of nitrogens with zero attached hydrogens (tertiary/aromatic N) is 2. The molecule has 1 aromatic rings. The zero-order valence-electron chi connectivity index (χ0n) is 13.6. The molecule has 1 amide bonds. The first-order valence-corrected chi connectivity index (χ1v) is 7.98. The van der Waals surface area contributed by atoms with Crippen LogP contribution in [0.15, 0.2) is 4.52 Å². The number of hydrogen-bond donors (Lipinski definition) is 1. The summed E-state index contributed by atoms with van der Waals surface area (Å²) in [5.41, 5.74) is -0.133. The second-order valence-corrected chi connectivity index (χ2v) is 7.14. The van der Waals surface area contributed by atoms with Crippen molar-refractivity contribution < 1.29 is 9.32 Å². The van der Waals surface area contributed by atoms with E-state index in [4.69, 9.17) is 4.52 Å². The topological polar surface area (TPSA) is 68.0 Å². The first-order valence-electron chi connectivity index (χ1n) is 7.98. The lowest BCUT2D eigenvalue weighted by Gasteiger charge is -2.17. The Kier molecular flexibility index (Phi) is 5.01. The summed E-state index contributed by atoms with van der Waals surface area (Å²) in [5.74, 6) is 2.13. The van der Waals surface area contributed by atoms with Crippen LogP contribution >= 0.6 is 0 Å². The van der Waals surface area contributed by atoms with Crippen molar-refractivity contribution in [3.05, 3.63) is 11.7 Å². The quantitative estimate of drug-likeness (QED) is 0.906. The first-order chi connectivity index (χ1) is 9.88. The van der Waals surface area contributed by atoms with Gasteiger partial charge in [0.15, 0.2) is 5.82 Å². The molecule has 0 radical (unpaired) electrons. The van der Waals surface area contributed by atoms with Crippen LogP contribution in [0.2, 0.25) is 0 Å². The van der Waals surface area contributed by atoms with Crippen molar-refractivity contribution in [2.24, 2.45) is 11.8 Å². The molecule has 1 aliphatic rings. The lowest BCUT2D eigenvalue weighted by atomic mass is 9.92. The SMILES string of the molecule is CC(C(=O)NCCc1noc(C(C)(C)C)n1)C1CCCC1. The zero-order valence-corrected chi connectivity index (χ0v) is 13.6. The predicted octanol–water partition coefficient (Wildman–Crippen LogP) is 2.85. The highest BCUT2D eigenvalue weighted by molar-refractivity contribution is 5.78. The molecule has 118 valence electrons. The smallest absolute Gasteiger partial charge is 0.232 e. The zero-order chi connectivity index (χ0) is 15.5. The van der Waals surface area contributed by atoms with Crippen molar-refractivity contribution in [3.63, 3.8) is 0 Å². The minimum absolute atomic E-state index is 0.114. The van der Waals surface area contributed by atoms with Gasteiger partial charge in [-0.3, -0.25) is 4.79 Å². The predicted molar refractivity (Wildman–Crippen MR) is 80.8 cm³/mol. The van der Waals surface area contributed by atoms with Crippen LogP contribution in [-0.4, -0.2) is 22.6 Å². The molecule has 2 rings (SSSR count). The molecular formula is C16H27N3O2. The van der Waals surface area contributed by atoms with E-state index < -0.39 is 0 Å². The van der Waals surface area contributed by atoms with Gasteiger partial charge in [0.2, 0.25) is 11.8 Å². The van der Waals surface area contributed by atoms with E-state index in [1.165, 1.54) is 25.7 Å². The maximum atomic E-state index is 12.1. The number of carbonyl (C=O) groups excluding carboxylic acids is 1. The van der Waals surface area contributed by atoms with Crippen LogP contribution in [0.25, 0.3) is 0 Å². The van der Waals surface area contributed by atoms with Crippen molar-refractivity contribution in [1.29, 1.82) is 0 Å². The molecular weight excluding hydrogens is 266 g/mol. The van der Waals surface area contributed by atoms with Crippen LogP contribution in [0.1, 0.15) is 65.1 Å². The summed E-state index contributed by atoms with van der Waals surface area (Å²) in [4.78, 5) is 16.5. The number of aromatic nitrogens is 2. The van der Waals surface area contributed by atoms with E-state index in [-0.39, 0.29) is 17.2 Å². The number of amides is 1. The third kappa shape index (κ3) is 4.29. The molecule has 1 N–H and O–H groups in total. The maximum Gasteiger partial charge on any atom is 0.232 e. The fourth-order valence-corrected chi connectivity index (χ4v) is 2.79. The van der Waals surface area contributed by atoms with E-state index >= 15 is 0 Å². The van der Waals surface area contributed by atoms with Gasteiger partial charge in [-0.25, -0.2) is 0 Å². The molecule has 1 fully saturated rings. The first kappa shape index (κ1) is 16.0. The Morgan fingerprint density at radius 2 is 2.05 bits per heavy atom. The van der Waals surface area contributed by atoms with Crippen molar-refractivity contribution >= 4 is 5.91 Å². The molecule has 1 aromatic heterocycles. The molecule has 1 unspecified atom stereocenters. The molecule has 1 heterocycles. The van der Waals surface area contributed by atoms with E-state index in [1.54, 1.807) is 0 Å². The van der Waals surface area contributed by atoms with E-state index in [9.17, 15) is 4.79 Å². The van der Waals surface area contributed by atoms with Gasteiger partial charge < -0.3 is 9.84 Å². The molecule has 0 aromatic carbocycles. The maximum absolute atomic E-state index is 12.1. The summed E-state index contributed by atoms with van der Waals surface area (Å²) in [5, 5.41) is 6.96. The van der Waals surface area contributed by atoms with Crippen LogP contribution in [0, 0.1) is 11.8 Å². The van der Waals surface area contributed by atoms with Gasteiger partial charge >= 0.3 is 0 Å². The second kappa shape index (κ2) is 6.58. The summed E-state index contributed by atoms with van der Waals surface area (Å²) in [6.07, 6.45) is 5.52. The highest BCUT2D eigenvalue weighted by Gasteiger charge is 2.26. The Morgan fingerprint density at radius 1 is 1.38 bits per heavy atom. The fourth-order valence-electron chi connectivity index (χ4n) is 2.79. The summed E-state index contributed by atoms with van der Waals surface area (Å²) in [6, 6.07) is 0. The highest BCUT2D eigenvalue weighted by atomic mass is 16.5. The van der Waals surface area contributed by atoms with Gasteiger partial charge in [-0.15, -0.1) is 0 Å². The summed E-state index contributed by atoms with van der Waals surface area (Å²) in [7, 11) is 0. The van der Waals surface area contributed by atoms with E-state index in [0.717, 1.165) is 0 Å². The molecule has 1 atom stereocenters. The van der Waals surface area contributed by atoms with Gasteiger partial charge in [0.25, 0.3) is 0 Å². The number of rotatable bonds is 5. The number of nitrogens with one attached hydrogen (secondary N) is 1. The second-order valence-electron chi connectivity index (χ2n) is 7.14. The lowest BCUT2D eigenvalue weighted by molar-refractivity contribution is -0.126. The van der Waals surface area contributed by atoms with E-state index in [1.807, 2.05) is 27.7 Å². The molecule has 5 heteroatoms. The van der Waals surface area contributed by atoms with Gasteiger partial charge in [-0.1, -0.05) is 45.7 Å². The Labute approximate surface area is 126 Å². The minimum Gasteiger partial charge on any atom is -0.355 e. The Bertz CT molecular complexity index is 470. The summed E-state index contributed by atoms with van der Waals surface area (Å²) in [6.45, 7) is 8.72. The molecule has 0 bridgehead atoms. The molecule has 5 nitrogen and oxygen atoms in total. The van der Waals surface area contributed by atoms with Gasteiger partial charge in [-0.2, -0.15) is 4.98 Å². The standard InChI is InChI=1S/C16H27N3O2/c1-11(12-7-5-6-8-12)14(20)17-10-9-13-18-15(21-19-13)16(2,3)4/h11-12H,5-10H2,1-4H3,(H,17,20). The third-order valence-electron chi connectivity index (χ3n) is 4.28. The van der Waals surface area contributed by atoms with Crippen molar-refractivity contribution in [2.75, 3.05) is 6.54 Å². The minimum atomic E-state index is -0.133. The molecule has 0 aliphatic heterocycles. The Hall–Kier alpha value is -1.39. The summed E-state index contributed by atoms with van der Waals surface area (Å²) >= 11 is 0. The average molecular weight is 293 g/mol. The van der Waals surface area contributed by atoms with Crippen LogP contribution < -0.4 is 5.32 Å². The molecule has 1 aliphatic carbocycles. The average Bonchev–Trinajstić information content (AvgIpc) is 3.08. The van der Waals surface area contributed by atoms with Crippen LogP contribution in [0.5, 0.6) is 0 Å². The van der Waals surface area contributed by atoms with E-state index in [2.05, 4.69) is 15.5 Å². The van der Waals surface area contributed by atoms with Crippen molar-refractivity contribution in [2.45, 2.75) is 65.2 Å². The summed E-state index contributed by atoms with van der Waals surface area (Å²) < 4.78 is 5.24. The van der Waals surface area contributed by atoms with Gasteiger partial charge in [-0.05, 0) is 18.8 Å². The van der Waals surface area contributed by atoms with Gasteiger partial charge in [0.05, 0.1) is 0 Å². The van der Waals surface area contributed by atoms with Gasteiger partial charge in [0.1, 0.15) is 0 Å².